The van der Waals surface area contributed by atoms with E-state index in [2.05, 4.69) is 4.90 Å². The van der Waals surface area contributed by atoms with E-state index in [4.69, 9.17) is 5.11 Å². The van der Waals surface area contributed by atoms with Gasteiger partial charge >= 0.3 is 5.97 Å². The Morgan fingerprint density at radius 2 is 2.15 bits per heavy atom. The smallest absolute Gasteiger partial charge is 0.328 e. The third-order valence-corrected chi connectivity index (χ3v) is 2.67. The Morgan fingerprint density at radius 3 is 2.46 bits per heavy atom. The maximum atomic E-state index is 10.3. The lowest BCUT2D eigenvalue weighted by Crippen LogP contribution is -2.37. The van der Waals surface area contributed by atoms with Crippen molar-refractivity contribution in [1.29, 1.82) is 0 Å². The number of hydrogen-bond donors (Lipinski definition) is 1. The summed E-state index contributed by atoms with van der Waals surface area (Å²) in [5.41, 5.74) is 0. The Labute approximate surface area is 79.0 Å². The van der Waals surface area contributed by atoms with E-state index >= 15 is 0 Å². The molecule has 0 spiro atoms. The molecule has 1 fully saturated rings. The molecule has 1 N–H and O–H groups in total. The predicted octanol–water partition coefficient (Wildman–Crippen LogP) is 1.36. The molecule has 74 valence electrons. The molecule has 3 heteroatoms. The average Bonchev–Trinajstić information content (AvgIpc) is 1.92. The zero-order valence-corrected chi connectivity index (χ0v) is 8.23. The molecule has 0 saturated heterocycles. The summed E-state index contributed by atoms with van der Waals surface area (Å²) in [5.74, 6) is -0.197. The highest BCUT2D eigenvalue weighted by atomic mass is 16.4. The highest BCUT2D eigenvalue weighted by molar-refractivity contribution is 5.79. The lowest BCUT2D eigenvalue weighted by molar-refractivity contribution is -0.131. The molecule has 0 aliphatic heterocycles. The van der Waals surface area contributed by atoms with Crippen molar-refractivity contribution in [2.75, 3.05) is 14.1 Å². The SMILES string of the molecule is CN(C)C(/C=C/C(=O)O)C1CCC1. The van der Waals surface area contributed by atoms with Crippen molar-refractivity contribution < 1.29 is 9.90 Å². The molecule has 1 saturated carbocycles. The Balaban J connectivity index is 2.51. The van der Waals surface area contributed by atoms with Gasteiger partial charge in [-0.3, -0.25) is 0 Å². The third-order valence-electron chi connectivity index (χ3n) is 2.67. The molecule has 0 radical (unpaired) electrons. The van der Waals surface area contributed by atoms with Crippen LogP contribution in [0.3, 0.4) is 0 Å². The van der Waals surface area contributed by atoms with Crippen LogP contribution in [0, 0.1) is 5.92 Å². The second-order valence-electron chi connectivity index (χ2n) is 3.84. The van der Waals surface area contributed by atoms with Crippen molar-refractivity contribution >= 4 is 5.97 Å². The summed E-state index contributed by atoms with van der Waals surface area (Å²) in [5, 5.41) is 8.51. The van der Waals surface area contributed by atoms with E-state index in [1.807, 2.05) is 14.1 Å². The van der Waals surface area contributed by atoms with Crippen LogP contribution in [-0.2, 0) is 4.79 Å². The minimum atomic E-state index is -0.855. The van der Waals surface area contributed by atoms with Gasteiger partial charge in [-0.2, -0.15) is 0 Å². The van der Waals surface area contributed by atoms with Crippen LogP contribution in [0.5, 0.6) is 0 Å². The molecule has 1 unspecified atom stereocenters. The monoisotopic (exact) mass is 183 g/mol. The first-order valence-electron chi connectivity index (χ1n) is 4.69. The lowest BCUT2D eigenvalue weighted by Gasteiger charge is -2.35. The van der Waals surface area contributed by atoms with Gasteiger partial charge in [0.15, 0.2) is 0 Å². The van der Waals surface area contributed by atoms with Crippen LogP contribution < -0.4 is 0 Å². The highest BCUT2D eigenvalue weighted by Gasteiger charge is 2.26. The van der Waals surface area contributed by atoms with Gasteiger partial charge < -0.3 is 10.0 Å². The van der Waals surface area contributed by atoms with Crippen LogP contribution in [0.4, 0.5) is 0 Å². The first-order chi connectivity index (χ1) is 6.11. The summed E-state index contributed by atoms with van der Waals surface area (Å²) in [4.78, 5) is 12.4. The fourth-order valence-corrected chi connectivity index (χ4v) is 1.71. The number of carboxylic acid groups (broad SMARTS) is 1. The van der Waals surface area contributed by atoms with Gasteiger partial charge in [-0.15, -0.1) is 0 Å². The molecule has 0 aromatic rings. The van der Waals surface area contributed by atoms with Gasteiger partial charge in [0.05, 0.1) is 0 Å². The molecule has 1 aliphatic carbocycles. The van der Waals surface area contributed by atoms with Gasteiger partial charge in [-0.1, -0.05) is 12.5 Å². The molecule has 0 heterocycles. The van der Waals surface area contributed by atoms with Gasteiger partial charge in [0.25, 0.3) is 0 Å². The predicted molar refractivity (Wildman–Crippen MR) is 51.6 cm³/mol. The number of rotatable bonds is 4. The number of nitrogens with zero attached hydrogens (tertiary/aromatic N) is 1. The van der Waals surface area contributed by atoms with Crippen LogP contribution in [0.2, 0.25) is 0 Å². The molecule has 1 atom stereocenters. The van der Waals surface area contributed by atoms with Crippen LogP contribution in [0.1, 0.15) is 19.3 Å². The Kier molecular flexibility index (Phi) is 3.48. The lowest BCUT2D eigenvalue weighted by atomic mass is 9.79. The van der Waals surface area contributed by atoms with Crippen molar-refractivity contribution in [1.82, 2.24) is 4.90 Å². The summed E-state index contributed by atoms with van der Waals surface area (Å²) in [6.07, 6.45) is 6.80. The van der Waals surface area contributed by atoms with Crippen molar-refractivity contribution in [3.8, 4) is 0 Å². The Hall–Kier alpha value is -0.830. The second-order valence-corrected chi connectivity index (χ2v) is 3.84. The molecule has 1 rings (SSSR count). The largest absolute Gasteiger partial charge is 0.478 e. The molecule has 0 aromatic heterocycles. The zero-order valence-electron chi connectivity index (χ0n) is 8.23. The quantitative estimate of drug-likeness (QED) is 0.669. The van der Waals surface area contributed by atoms with Crippen molar-refractivity contribution in [3.63, 3.8) is 0 Å². The summed E-state index contributed by atoms with van der Waals surface area (Å²) in [6.45, 7) is 0. The summed E-state index contributed by atoms with van der Waals surface area (Å²) >= 11 is 0. The van der Waals surface area contributed by atoms with E-state index in [0.717, 1.165) is 0 Å². The molecule has 0 amide bonds. The number of hydrogen-bond acceptors (Lipinski definition) is 2. The molecule has 0 aromatic carbocycles. The Bertz CT molecular complexity index is 207. The summed E-state index contributed by atoms with van der Waals surface area (Å²) < 4.78 is 0. The first kappa shape index (κ1) is 10.3. The summed E-state index contributed by atoms with van der Waals surface area (Å²) in [7, 11) is 3.99. The van der Waals surface area contributed by atoms with Crippen LogP contribution in [-0.4, -0.2) is 36.1 Å². The minimum Gasteiger partial charge on any atom is -0.478 e. The van der Waals surface area contributed by atoms with Crippen molar-refractivity contribution in [2.45, 2.75) is 25.3 Å². The van der Waals surface area contributed by atoms with E-state index in [0.29, 0.717) is 12.0 Å². The Morgan fingerprint density at radius 1 is 1.54 bits per heavy atom. The van der Waals surface area contributed by atoms with Gasteiger partial charge in [0.2, 0.25) is 0 Å². The normalized spacial score (nSPS) is 20.5. The van der Waals surface area contributed by atoms with Crippen LogP contribution in [0.25, 0.3) is 0 Å². The fourth-order valence-electron chi connectivity index (χ4n) is 1.71. The number of carboxylic acids is 1. The number of aliphatic carboxylic acids is 1. The van der Waals surface area contributed by atoms with E-state index < -0.39 is 5.97 Å². The van der Waals surface area contributed by atoms with Gasteiger partial charge in [0, 0.05) is 12.1 Å². The zero-order chi connectivity index (χ0) is 9.84. The maximum Gasteiger partial charge on any atom is 0.328 e. The molecule has 3 nitrogen and oxygen atoms in total. The summed E-state index contributed by atoms with van der Waals surface area (Å²) in [6, 6.07) is 0.296. The van der Waals surface area contributed by atoms with E-state index in [-0.39, 0.29) is 0 Å². The van der Waals surface area contributed by atoms with Crippen LogP contribution in [0.15, 0.2) is 12.2 Å². The molecular formula is C10H17NO2. The number of likely N-dealkylation sites (N-methyl/N-ethyl adjacent to an activating group) is 1. The van der Waals surface area contributed by atoms with Gasteiger partial charge in [-0.05, 0) is 32.9 Å². The molecule has 0 bridgehead atoms. The van der Waals surface area contributed by atoms with Crippen LogP contribution >= 0.6 is 0 Å². The molecular weight excluding hydrogens is 166 g/mol. The fraction of sp³-hybridized carbons (Fsp3) is 0.700. The van der Waals surface area contributed by atoms with E-state index in [1.54, 1.807) is 6.08 Å². The van der Waals surface area contributed by atoms with E-state index in [1.165, 1.54) is 25.3 Å². The van der Waals surface area contributed by atoms with Crippen molar-refractivity contribution in [3.05, 3.63) is 12.2 Å². The van der Waals surface area contributed by atoms with Gasteiger partial charge in [0.1, 0.15) is 0 Å². The second kappa shape index (κ2) is 4.42. The van der Waals surface area contributed by atoms with Crippen molar-refractivity contribution in [2.24, 2.45) is 5.92 Å². The van der Waals surface area contributed by atoms with E-state index in [9.17, 15) is 4.79 Å². The standard InChI is InChI=1S/C10H17NO2/c1-11(2)9(6-7-10(12)13)8-4-3-5-8/h6-9H,3-5H2,1-2H3,(H,12,13)/b7-6+. The topological polar surface area (TPSA) is 40.5 Å². The third kappa shape index (κ3) is 2.84. The average molecular weight is 183 g/mol. The van der Waals surface area contributed by atoms with Gasteiger partial charge in [-0.25, -0.2) is 4.79 Å². The minimum absolute atomic E-state index is 0.296. The molecule has 1 aliphatic rings. The maximum absolute atomic E-state index is 10.3. The highest BCUT2D eigenvalue weighted by Crippen LogP contribution is 2.31. The number of carbonyl (C=O) groups is 1. The molecule has 13 heavy (non-hydrogen) atoms. The first-order valence-corrected chi connectivity index (χ1v) is 4.69.